The van der Waals surface area contributed by atoms with E-state index in [1.807, 2.05) is 25.1 Å². The maximum Gasteiger partial charge on any atom is 0.275 e. The molecular weight excluding hydrogens is 398 g/mol. The van der Waals surface area contributed by atoms with Crippen LogP contribution >= 0.6 is 11.3 Å². The number of fused-ring (bicyclic) bond motifs is 1. The quantitative estimate of drug-likeness (QED) is 0.657. The summed E-state index contributed by atoms with van der Waals surface area (Å²) >= 11 is 1.42. The monoisotopic (exact) mass is 425 g/mol. The Bertz CT molecular complexity index is 1070. The number of carbonyl (C=O) groups excluding carboxylic acids is 1. The lowest BCUT2D eigenvalue weighted by atomic mass is 9.95. The molecule has 8 heteroatoms. The number of carbonyl (C=O) groups is 1. The van der Waals surface area contributed by atoms with Crippen molar-refractivity contribution in [2.24, 2.45) is 5.92 Å². The van der Waals surface area contributed by atoms with Gasteiger partial charge in [-0.2, -0.15) is 4.52 Å². The van der Waals surface area contributed by atoms with Crippen molar-refractivity contribution in [3.05, 3.63) is 58.0 Å². The Morgan fingerprint density at radius 1 is 1.27 bits per heavy atom. The molecule has 1 aliphatic heterocycles. The maximum absolute atomic E-state index is 12.8. The number of benzene rings is 1. The minimum Gasteiger partial charge on any atom is -0.353 e. The third kappa shape index (κ3) is 4.53. The van der Waals surface area contributed by atoms with Crippen molar-refractivity contribution in [3.8, 4) is 0 Å². The Hall–Kier alpha value is -2.74. The fourth-order valence-corrected chi connectivity index (χ4v) is 4.89. The Balaban J connectivity index is 1.35. The van der Waals surface area contributed by atoms with E-state index in [1.165, 1.54) is 27.5 Å². The Kier molecular flexibility index (Phi) is 6.13. The van der Waals surface area contributed by atoms with Crippen molar-refractivity contribution >= 4 is 27.3 Å². The van der Waals surface area contributed by atoms with Crippen LogP contribution in [-0.4, -0.2) is 39.6 Å². The maximum atomic E-state index is 12.8. The van der Waals surface area contributed by atoms with Gasteiger partial charge < -0.3 is 10.2 Å². The number of aromatic nitrogens is 3. The SMILES string of the molecule is CC[C@H](Cc1ccccc1)NC(=O)C1CCN(c2nn3c(=O)cc(C)nc3s2)CC1. The number of anilines is 1. The van der Waals surface area contributed by atoms with Crippen molar-refractivity contribution in [3.63, 3.8) is 0 Å². The highest BCUT2D eigenvalue weighted by Gasteiger charge is 2.28. The summed E-state index contributed by atoms with van der Waals surface area (Å²) < 4.78 is 1.36. The van der Waals surface area contributed by atoms with E-state index < -0.39 is 0 Å². The van der Waals surface area contributed by atoms with E-state index in [9.17, 15) is 9.59 Å². The van der Waals surface area contributed by atoms with Crippen LogP contribution in [0.5, 0.6) is 0 Å². The van der Waals surface area contributed by atoms with Crippen LogP contribution in [0.1, 0.15) is 37.4 Å². The molecule has 3 aromatic rings. The number of piperidine rings is 1. The number of nitrogens with one attached hydrogen (secondary N) is 1. The molecule has 4 rings (SSSR count). The van der Waals surface area contributed by atoms with Gasteiger partial charge in [-0.1, -0.05) is 48.6 Å². The predicted molar refractivity (Wildman–Crippen MR) is 119 cm³/mol. The number of hydrogen-bond acceptors (Lipinski definition) is 6. The molecule has 1 aliphatic rings. The van der Waals surface area contributed by atoms with E-state index in [2.05, 4.69) is 39.4 Å². The first-order valence-corrected chi connectivity index (χ1v) is 11.3. The molecule has 7 nitrogen and oxygen atoms in total. The highest BCUT2D eigenvalue weighted by Crippen LogP contribution is 2.27. The lowest BCUT2D eigenvalue weighted by Crippen LogP contribution is -2.44. The molecule has 1 atom stereocenters. The topological polar surface area (TPSA) is 79.6 Å². The number of hydrogen-bond donors (Lipinski definition) is 1. The van der Waals surface area contributed by atoms with Gasteiger partial charge in [0.25, 0.3) is 5.56 Å². The van der Waals surface area contributed by atoms with Crippen LogP contribution in [0.4, 0.5) is 5.13 Å². The molecule has 0 radical (unpaired) electrons. The van der Waals surface area contributed by atoms with Gasteiger partial charge in [-0.3, -0.25) is 9.59 Å². The van der Waals surface area contributed by atoms with Crippen molar-refractivity contribution in [2.75, 3.05) is 18.0 Å². The first kappa shape index (κ1) is 20.5. The van der Waals surface area contributed by atoms with Gasteiger partial charge >= 0.3 is 0 Å². The van der Waals surface area contributed by atoms with Crippen LogP contribution < -0.4 is 15.8 Å². The van der Waals surface area contributed by atoms with Crippen LogP contribution in [0, 0.1) is 12.8 Å². The van der Waals surface area contributed by atoms with E-state index in [1.54, 1.807) is 0 Å². The number of amides is 1. The smallest absolute Gasteiger partial charge is 0.275 e. The summed E-state index contributed by atoms with van der Waals surface area (Å²) in [7, 11) is 0. The fraction of sp³-hybridized carbons (Fsp3) is 0.455. The summed E-state index contributed by atoms with van der Waals surface area (Å²) in [4.78, 5) is 32.1. The van der Waals surface area contributed by atoms with Crippen LogP contribution in [-0.2, 0) is 11.2 Å². The summed E-state index contributed by atoms with van der Waals surface area (Å²) in [6.07, 6.45) is 3.33. The van der Waals surface area contributed by atoms with Crippen LogP contribution in [0.15, 0.2) is 41.2 Å². The molecule has 3 heterocycles. The van der Waals surface area contributed by atoms with Crippen molar-refractivity contribution in [2.45, 2.75) is 45.6 Å². The summed E-state index contributed by atoms with van der Waals surface area (Å²) in [6, 6.07) is 11.9. The molecule has 2 aromatic heterocycles. The molecule has 1 fully saturated rings. The summed E-state index contributed by atoms with van der Waals surface area (Å²) in [5, 5.41) is 8.48. The lowest BCUT2D eigenvalue weighted by molar-refractivity contribution is -0.126. The summed E-state index contributed by atoms with van der Waals surface area (Å²) in [5.74, 6) is 0.166. The van der Waals surface area contributed by atoms with E-state index in [0.29, 0.717) is 10.7 Å². The molecule has 0 unspecified atom stereocenters. The Morgan fingerprint density at radius 3 is 2.70 bits per heavy atom. The van der Waals surface area contributed by atoms with E-state index in [-0.39, 0.29) is 23.4 Å². The van der Waals surface area contributed by atoms with Gasteiger partial charge in [0.1, 0.15) is 0 Å². The van der Waals surface area contributed by atoms with E-state index in [0.717, 1.165) is 43.9 Å². The number of aryl methyl sites for hydroxylation is 1. The lowest BCUT2D eigenvalue weighted by Gasteiger charge is -2.31. The minimum absolute atomic E-state index is 0.0172. The first-order chi connectivity index (χ1) is 14.5. The van der Waals surface area contributed by atoms with Gasteiger partial charge in [0.05, 0.1) is 0 Å². The average Bonchev–Trinajstić information content (AvgIpc) is 3.18. The van der Waals surface area contributed by atoms with Crippen LogP contribution in [0.2, 0.25) is 0 Å². The zero-order chi connectivity index (χ0) is 21.1. The Morgan fingerprint density at radius 2 is 2.00 bits per heavy atom. The molecule has 0 saturated carbocycles. The normalized spacial score (nSPS) is 16.0. The molecule has 1 N–H and O–H groups in total. The second-order valence-electron chi connectivity index (χ2n) is 7.88. The third-order valence-corrected chi connectivity index (χ3v) is 6.63. The zero-order valence-corrected chi connectivity index (χ0v) is 18.2. The fourth-order valence-electron chi connectivity index (χ4n) is 3.89. The number of rotatable bonds is 6. The predicted octanol–water partition coefficient (Wildman–Crippen LogP) is 2.81. The van der Waals surface area contributed by atoms with Gasteiger partial charge in [0, 0.05) is 36.8 Å². The molecule has 0 aliphatic carbocycles. The minimum atomic E-state index is -0.154. The molecule has 1 amide bonds. The van der Waals surface area contributed by atoms with Crippen LogP contribution in [0.3, 0.4) is 0 Å². The summed E-state index contributed by atoms with van der Waals surface area (Å²) in [6.45, 7) is 5.43. The standard InChI is InChI=1S/C22H27N5O2S/c1-3-18(14-16-7-5-4-6-8-16)24-20(29)17-9-11-26(12-10-17)22-25-27-19(28)13-15(2)23-21(27)30-22/h4-8,13,17-18H,3,9-12,14H2,1-2H3,(H,24,29)/t18-/m1/s1. The molecule has 1 aromatic carbocycles. The summed E-state index contributed by atoms with van der Waals surface area (Å²) in [5.41, 5.74) is 1.79. The largest absolute Gasteiger partial charge is 0.353 e. The molecule has 30 heavy (non-hydrogen) atoms. The molecule has 0 bridgehead atoms. The highest BCUT2D eigenvalue weighted by atomic mass is 32.1. The second-order valence-corrected chi connectivity index (χ2v) is 8.81. The van der Waals surface area contributed by atoms with E-state index >= 15 is 0 Å². The second kappa shape index (κ2) is 8.95. The van der Waals surface area contributed by atoms with Gasteiger partial charge in [-0.05, 0) is 38.2 Å². The first-order valence-electron chi connectivity index (χ1n) is 10.5. The van der Waals surface area contributed by atoms with Crippen LogP contribution in [0.25, 0.3) is 4.96 Å². The molecular formula is C22H27N5O2S. The van der Waals surface area contributed by atoms with Gasteiger partial charge in [-0.25, -0.2) is 4.98 Å². The molecule has 158 valence electrons. The van der Waals surface area contributed by atoms with Crippen molar-refractivity contribution in [1.82, 2.24) is 19.9 Å². The van der Waals surface area contributed by atoms with Crippen molar-refractivity contribution in [1.29, 1.82) is 0 Å². The van der Waals surface area contributed by atoms with Gasteiger partial charge in [-0.15, -0.1) is 5.10 Å². The molecule has 1 saturated heterocycles. The highest BCUT2D eigenvalue weighted by molar-refractivity contribution is 7.20. The van der Waals surface area contributed by atoms with E-state index in [4.69, 9.17) is 0 Å². The Labute approximate surface area is 179 Å². The van der Waals surface area contributed by atoms with Crippen molar-refractivity contribution < 1.29 is 4.79 Å². The zero-order valence-electron chi connectivity index (χ0n) is 17.4. The number of nitrogens with zero attached hydrogens (tertiary/aromatic N) is 4. The molecule has 0 spiro atoms. The van der Waals surface area contributed by atoms with Gasteiger partial charge in [0.2, 0.25) is 16.0 Å². The third-order valence-electron chi connectivity index (χ3n) is 5.66. The average molecular weight is 426 g/mol. The van der Waals surface area contributed by atoms with Gasteiger partial charge in [0.15, 0.2) is 0 Å².